The number of furan rings is 1. The molecule has 1 fully saturated rings. The van der Waals surface area contributed by atoms with Gasteiger partial charge in [0.1, 0.15) is 22.6 Å². The van der Waals surface area contributed by atoms with Gasteiger partial charge in [0.05, 0.1) is 19.9 Å². The van der Waals surface area contributed by atoms with Crippen LogP contribution in [0.4, 0.5) is 4.39 Å². The van der Waals surface area contributed by atoms with Crippen molar-refractivity contribution in [3.05, 3.63) is 84.1 Å². The van der Waals surface area contributed by atoms with Gasteiger partial charge in [0.2, 0.25) is 5.91 Å². The van der Waals surface area contributed by atoms with Crippen LogP contribution in [0, 0.1) is 5.82 Å². The molecule has 0 spiro atoms. The first kappa shape index (κ1) is 22.2. The highest BCUT2D eigenvalue weighted by molar-refractivity contribution is 8.00. The number of aromatic nitrogens is 3. The fourth-order valence-electron chi connectivity index (χ4n) is 3.57. The van der Waals surface area contributed by atoms with Crippen molar-refractivity contribution in [3.63, 3.8) is 0 Å². The molecule has 7 nitrogen and oxygen atoms in total. The van der Waals surface area contributed by atoms with Crippen LogP contribution in [0.3, 0.4) is 0 Å². The molecule has 174 valence electrons. The van der Waals surface area contributed by atoms with Gasteiger partial charge in [0.25, 0.3) is 0 Å². The predicted octanol–water partition coefficient (Wildman–Crippen LogP) is 4.85. The standard InChI is InChI=1S/C25H23FN4O3S/c1-32-20-5-2-4-17(14-20)23-28-29-25(30(23)15-21-6-3-13-33-21)34-22(24(31)27-19-11-12-19)16-7-9-18(26)10-8-16/h2-10,13-14,19,22H,11-12,15H2,1H3,(H,27,31). The molecule has 1 aliphatic rings. The number of carbonyl (C=O) groups is 1. The number of rotatable bonds is 9. The summed E-state index contributed by atoms with van der Waals surface area (Å²) in [6.07, 6.45) is 3.56. The van der Waals surface area contributed by atoms with Gasteiger partial charge < -0.3 is 14.5 Å². The van der Waals surface area contributed by atoms with Crippen LogP contribution in [0.2, 0.25) is 0 Å². The normalized spacial score (nSPS) is 14.1. The summed E-state index contributed by atoms with van der Waals surface area (Å²) in [4.78, 5) is 13.2. The molecule has 1 saturated carbocycles. The number of hydrogen-bond acceptors (Lipinski definition) is 6. The highest BCUT2D eigenvalue weighted by Gasteiger charge is 2.31. The monoisotopic (exact) mass is 478 g/mol. The van der Waals surface area contributed by atoms with Crippen LogP contribution >= 0.6 is 11.8 Å². The average Bonchev–Trinajstić information content (AvgIpc) is 3.35. The first-order valence-electron chi connectivity index (χ1n) is 10.9. The third-order valence-corrected chi connectivity index (χ3v) is 6.73. The molecule has 0 saturated heterocycles. The SMILES string of the molecule is COc1cccc(-c2nnc(SC(C(=O)NC3CC3)c3ccc(F)cc3)n2Cc2ccco2)c1. The Hall–Kier alpha value is -3.59. The van der Waals surface area contributed by atoms with Crippen molar-refractivity contribution in [2.45, 2.75) is 35.8 Å². The number of halogens is 1. The first-order valence-corrected chi connectivity index (χ1v) is 11.8. The van der Waals surface area contributed by atoms with E-state index in [0.29, 0.717) is 28.8 Å². The molecule has 0 aliphatic heterocycles. The van der Waals surface area contributed by atoms with Crippen molar-refractivity contribution in [2.24, 2.45) is 0 Å². The summed E-state index contributed by atoms with van der Waals surface area (Å²) in [5.74, 6) is 1.57. The molecule has 0 bridgehead atoms. The molecule has 1 unspecified atom stereocenters. The zero-order chi connectivity index (χ0) is 23.5. The highest BCUT2D eigenvalue weighted by atomic mass is 32.2. The fourth-order valence-corrected chi connectivity index (χ4v) is 4.62. The lowest BCUT2D eigenvalue weighted by Gasteiger charge is -2.17. The lowest BCUT2D eigenvalue weighted by Crippen LogP contribution is -2.30. The number of nitrogens with zero attached hydrogens (tertiary/aromatic N) is 3. The summed E-state index contributed by atoms with van der Waals surface area (Å²) < 4.78 is 26.4. The van der Waals surface area contributed by atoms with E-state index >= 15 is 0 Å². The van der Waals surface area contributed by atoms with Gasteiger partial charge in [-0.1, -0.05) is 36.0 Å². The Morgan fingerprint density at radius 3 is 2.74 bits per heavy atom. The second-order valence-corrected chi connectivity index (χ2v) is 9.11. The van der Waals surface area contributed by atoms with E-state index in [0.717, 1.165) is 24.2 Å². The molecule has 34 heavy (non-hydrogen) atoms. The average molecular weight is 479 g/mol. The number of thioether (sulfide) groups is 1. The lowest BCUT2D eigenvalue weighted by molar-refractivity contribution is -0.120. The van der Waals surface area contributed by atoms with Crippen LogP contribution in [0.1, 0.15) is 29.4 Å². The Balaban J connectivity index is 1.53. The quantitative estimate of drug-likeness (QED) is 0.347. The molecule has 4 aromatic rings. The topological polar surface area (TPSA) is 82.2 Å². The van der Waals surface area contributed by atoms with Gasteiger partial charge in [0, 0.05) is 11.6 Å². The molecular formula is C25H23FN4O3S. The highest BCUT2D eigenvalue weighted by Crippen LogP contribution is 2.37. The maximum absolute atomic E-state index is 13.6. The Labute approximate surface area is 200 Å². The van der Waals surface area contributed by atoms with Gasteiger partial charge in [0.15, 0.2) is 11.0 Å². The van der Waals surface area contributed by atoms with Gasteiger partial charge >= 0.3 is 0 Å². The van der Waals surface area contributed by atoms with Gasteiger partial charge in [-0.3, -0.25) is 9.36 Å². The van der Waals surface area contributed by atoms with Gasteiger partial charge in [-0.15, -0.1) is 10.2 Å². The van der Waals surface area contributed by atoms with Crippen LogP contribution in [0.15, 0.2) is 76.5 Å². The first-order chi connectivity index (χ1) is 16.6. The van der Waals surface area contributed by atoms with Crippen LogP contribution in [-0.4, -0.2) is 33.8 Å². The number of methoxy groups -OCH3 is 1. The van der Waals surface area contributed by atoms with Gasteiger partial charge in [-0.25, -0.2) is 4.39 Å². The molecule has 2 heterocycles. The molecule has 2 aromatic carbocycles. The number of hydrogen-bond donors (Lipinski definition) is 1. The second-order valence-electron chi connectivity index (χ2n) is 8.04. The molecule has 2 aromatic heterocycles. The van der Waals surface area contributed by atoms with E-state index in [2.05, 4.69) is 15.5 Å². The molecule has 1 aliphatic carbocycles. The van der Waals surface area contributed by atoms with Crippen molar-refractivity contribution >= 4 is 17.7 Å². The third kappa shape index (κ3) is 4.99. The van der Waals surface area contributed by atoms with E-state index in [-0.39, 0.29) is 17.8 Å². The van der Waals surface area contributed by atoms with Crippen LogP contribution < -0.4 is 10.1 Å². The summed E-state index contributed by atoms with van der Waals surface area (Å²) in [5.41, 5.74) is 1.52. The minimum absolute atomic E-state index is 0.130. The summed E-state index contributed by atoms with van der Waals surface area (Å²) >= 11 is 1.28. The summed E-state index contributed by atoms with van der Waals surface area (Å²) in [5, 5.41) is 11.9. The molecule has 0 radical (unpaired) electrons. The molecule has 1 N–H and O–H groups in total. The maximum atomic E-state index is 13.6. The number of ether oxygens (including phenoxy) is 1. The predicted molar refractivity (Wildman–Crippen MR) is 126 cm³/mol. The Kier molecular flexibility index (Phi) is 6.35. The minimum Gasteiger partial charge on any atom is -0.497 e. The molecule has 1 atom stereocenters. The Morgan fingerprint density at radius 2 is 2.03 bits per heavy atom. The van der Waals surface area contributed by atoms with Crippen molar-refractivity contribution in [1.82, 2.24) is 20.1 Å². The molecular weight excluding hydrogens is 455 g/mol. The molecule has 5 rings (SSSR count). The zero-order valence-corrected chi connectivity index (χ0v) is 19.3. The van der Waals surface area contributed by atoms with E-state index in [1.54, 1.807) is 25.5 Å². The summed E-state index contributed by atoms with van der Waals surface area (Å²) in [6.45, 7) is 0.384. The summed E-state index contributed by atoms with van der Waals surface area (Å²) in [6, 6.07) is 17.4. The maximum Gasteiger partial charge on any atom is 0.238 e. The van der Waals surface area contributed by atoms with E-state index in [4.69, 9.17) is 9.15 Å². The van der Waals surface area contributed by atoms with Crippen LogP contribution in [0.25, 0.3) is 11.4 Å². The van der Waals surface area contributed by atoms with Gasteiger partial charge in [-0.05, 0) is 54.8 Å². The van der Waals surface area contributed by atoms with E-state index in [1.165, 1.54) is 23.9 Å². The van der Waals surface area contributed by atoms with Crippen LogP contribution in [0.5, 0.6) is 5.75 Å². The van der Waals surface area contributed by atoms with Gasteiger partial charge in [-0.2, -0.15) is 0 Å². The second kappa shape index (κ2) is 9.72. The Morgan fingerprint density at radius 1 is 1.21 bits per heavy atom. The number of benzene rings is 2. The number of amides is 1. The van der Waals surface area contributed by atoms with Crippen LogP contribution in [-0.2, 0) is 11.3 Å². The van der Waals surface area contributed by atoms with Crippen molar-refractivity contribution in [2.75, 3.05) is 7.11 Å². The summed E-state index contributed by atoms with van der Waals surface area (Å²) in [7, 11) is 1.61. The largest absolute Gasteiger partial charge is 0.497 e. The Bertz CT molecular complexity index is 1270. The number of carbonyl (C=O) groups excluding carboxylic acids is 1. The fraction of sp³-hybridized carbons (Fsp3) is 0.240. The van der Waals surface area contributed by atoms with E-state index in [9.17, 15) is 9.18 Å². The minimum atomic E-state index is -0.612. The van der Waals surface area contributed by atoms with Crippen molar-refractivity contribution in [3.8, 4) is 17.1 Å². The van der Waals surface area contributed by atoms with E-state index < -0.39 is 5.25 Å². The third-order valence-electron chi connectivity index (χ3n) is 5.50. The zero-order valence-electron chi connectivity index (χ0n) is 18.5. The lowest BCUT2D eigenvalue weighted by atomic mass is 10.1. The van der Waals surface area contributed by atoms with Crippen molar-refractivity contribution < 1.29 is 18.3 Å². The van der Waals surface area contributed by atoms with E-state index in [1.807, 2.05) is 41.0 Å². The molecule has 1 amide bonds. The molecule has 9 heteroatoms. The van der Waals surface area contributed by atoms with Crippen molar-refractivity contribution in [1.29, 1.82) is 0 Å². The smallest absolute Gasteiger partial charge is 0.238 e. The number of nitrogens with one attached hydrogen (secondary N) is 1.